The zero-order chi connectivity index (χ0) is 22.0. The SMILES string of the molecule is C[Si](C)(C)c1c(-c2ccccc2N)cccc1-c1ccccc1Nc1ccccc1Br. The maximum absolute atomic E-state index is 6.40. The van der Waals surface area contributed by atoms with Gasteiger partial charge in [0.25, 0.3) is 0 Å². The number of hydrogen-bond acceptors (Lipinski definition) is 2. The van der Waals surface area contributed by atoms with Crippen molar-refractivity contribution in [1.29, 1.82) is 0 Å². The molecule has 4 rings (SSSR count). The molecule has 0 aliphatic rings. The molecular formula is C27H27BrN2Si. The molecule has 31 heavy (non-hydrogen) atoms. The van der Waals surface area contributed by atoms with Crippen LogP contribution in [0.5, 0.6) is 0 Å². The van der Waals surface area contributed by atoms with E-state index in [2.05, 4.69) is 108 Å². The van der Waals surface area contributed by atoms with Crippen LogP contribution in [-0.4, -0.2) is 8.07 Å². The van der Waals surface area contributed by atoms with Gasteiger partial charge in [-0.1, -0.05) is 86.4 Å². The predicted molar refractivity (Wildman–Crippen MR) is 142 cm³/mol. The minimum Gasteiger partial charge on any atom is -0.398 e. The van der Waals surface area contributed by atoms with E-state index >= 15 is 0 Å². The first-order valence-electron chi connectivity index (χ1n) is 10.5. The fourth-order valence-electron chi connectivity index (χ4n) is 4.09. The second-order valence-electron chi connectivity index (χ2n) is 8.72. The number of benzene rings is 4. The molecule has 0 fully saturated rings. The largest absolute Gasteiger partial charge is 0.398 e. The number of rotatable bonds is 5. The van der Waals surface area contributed by atoms with Crippen LogP contribution >= 0.6 is 15.9 Å². The van der Waals surface area contributed by atoms with Gasteiger partial charge in [-0.2, -0.15) is 0 Å². The third kappa shape index (κ3) is 4.46. The molecule has 0 spiro atoms. The van der Waals surface area contributed by atoms with Crippen molar-refractivity contribution < 1.29 is 0 Å². The van der Waals surface area contributed by atoms with E-state index in [4.69, 9.17) is 5.73 Å². The van der Waals surface area contributed by atoms with Gasteiger partial charge >= 0.3 is 0 Å². The Balaban J connectivity index is 1.93. The molecule has 0 heterocycles. The lowest BCUT2D eigenvalue weighted by molar-refractivity contribution is 1.51. The summed E-state index contributed by atoms with van der Waals surface area (Å²) in [4.78, 5) is 0. The van der Waals surface area contributed by atoms with Crippen molar-refractivity contribution in [3.05, 3.63) is 95.5 Å². The molecular weight excluding hydrogens is 460 g/mol. The molecule has 4 aromatic rings. The summed E-state index contributed by atoms with van der Waals surface area (Å²) in [6, 6.07) is 31.5. The summed E-state index contributed by atoms with van der Waals surface area (Å²) in [5.74, 6) is 0. The summed E-state index contributed by atoms with van der Waals surface area (Å²) < 4.78 is 1.04. The smallest absolute Gasteiger partial charge is 0.0792 e. The number of halogens is 1. The highest BCUT2D eigenvalue weighted by Gasteiger charge is 2.26. The van der Waals surface area contributed by atoms with E-state index in [1.165, 1.54) is 21.9 Å². The van der Waals surface area contributed by atoms with Crippen LogP contribution < -0.4 is 16.2 Å². The molecule has 0 aliphatic heterocycles. The third-order valence-corrected chi connectivity index (χ3v) is 8.16. The van der Waals surface area contributed by atoms with Gasteiger partial charge in [-0.05, 0) is 56.5 Å². The van der Waals surface area contributed by atoms with Crippen molar-refractivity contribution in [3.63, 3.8) is 0 Å². The average molecular weight is 488 g/mol. The minimum atomic E-state index is -1.73. The summed E-state index contributed by atoms with van der Waals surface area (Å²) in [7, 11) is -1.73. The van der Waals surface area contributed by atoms with Crippen LogP contribution in [0.15, 0.2) is 95.5 Å². The lowest BCUT2D eigenvalue weighted by Crippen LogP contribution is -2.40. The highest BCUT2D eigenvalue weighted by atomic mass is 79.9. The Morgan fingerprint density at radius 1 is 0.613 bits per heavy atom. The van der Waals surface area contributed by atoms with E-state index in [1.54, 1.807) is 0 Å². The first kappa shape index (κ1) is 21.4. The first-order valence-corrected chi connectivity index (χ1v) is 14.7. The first-order chi connectivity index (χ1) is 14.9. The van der Waals surface area contributed by atoms with Gasteiger partial charge in [0.15, 0.2) is 0 Å². The maximum Gasteiger partial charge on any atom is 0.0792 e. The molecule has 4 heteroatoms. The monoisotopic (exact) mass is 486 g/mol. The predicted octanol–water partition coefficient (Wildman–Crippen LogP) is 7.65. The highest BCUT2D eigenvalue weighted by molar-refractivity contribution is 9.10. The Bertz CT molecular complexity index is 1230. The van der Waals surface area contributed by atoms with Gasteiger partial charge in [-0.3, -0.25) is 0 Å². The third-order valence-electron chi connectivity index (χ3n) is 5.43. The molecule has 0 aromatic heterocycles. The molecule has 0 saturated carbocycles. The molecule has 0 saturated heterocycles. The van der Waals surface area contributed by atoms with Crippen LogP contribution in [0.3, 0.4) is 0 Å². The van der Waals surface area contributed by atoms with Gasteiger partial charge < -0.3 is 11.1 Å². The number of hydrogen-bond donors (Lipinski definition) is 2. The number of nitrogen functional groups attached to an aromatic ring is 1. The number of anilines is 3. The molecule has 2 nitrogen and oxygen atoms in total. The Kier molecular flexibility index (Phi) is 6.03. The van der Waals surface area contributed by atoms with Gasteiger partial charge in [0.2, 0.25) is 0 Å². The Labute approximate surface area is 194 Å². The highest BCUT2D eigenvalue weighted by Crippen LogP contribution is 2.36. The molecule has 0 amide bonds. The van der Waals surface area contributed by atoms with Gasteiger partial charge in [-0.25, -0.2) is 0 Å². The summed E-state index contributed by atoms with van der Waals surface area (Å²) in [6.07, 6.45) is 0. The van der Waals surface area contributed by atoms with E-state index in [0.29, 0.717) is 0 Å². The van der Waals surface area contributed by atoms with Crippen LogP contribution in [0, 0.1) is 0 Å². The normalized spacial score (nSPS) is 11.4. The lowest BCUT2D eigenvalue weighted by atomic mass is 9.96. The molecule has 0 atom stereocenters. The Morgan fingerprint density at radius 2 is 1.13 bits per heavy atom. The average Bonchev–Trinajstić information content (AvgIpc) is 2.75. The summed E-state index contributed by atoms with van der Waals surface area (Å²) >= 11 is 3.66. The molecule has 0 unspecified atom stereocenters. The van der Waals surface area contributed by atoms with Crippen LogP contribution in [0.4, 0.5) is 17.1 Å². The summed E-state index contributed by atoms with van der Waals surface area (Å²) in [5.41, 5.74) is 14.2. The summed E-state index contributed by atoms with van der Waals surface area (Å²) in [5, 5.41) is 5.06. The molecule has 156 valence electrons. The quantitative estimate of drug-likeness (QED) is 0.224. The van der Waals surface area contributed by atoms with Crippen LogP contribution in [-0.2, 0) is 0 Å². The Morgan fingerprint density at radius 3 is 1.77 bits per heavy atom. The van der Waals surface area contributed by atoms with Crippen molar-refractivity contribution in [3.8, 4) is 22.3 Å². The minimum absolute atomic E-state index is 0.818. The van der Waals surface area contributed by atoms with Gasteiger partial charge in [0, 0.05) is 27.0 Å². The maximum atomic E-state index is 6.40. The lowest BCUT2D eigenvalue weighted by Gasteiger charge is -2.27. The zero-order valence-electron chi connectivity index (χ0n) is 18.1. The Hall–Kier alpha value is -2.82. The van der Waals surface area contributed by atoms with E-state index in [-0.39, 0.29) is 0 Å². The van der Waals surface area contributed by atoms with Crippen molar-refractivity contribution >= 4 is 46.3 Å². The number of nitrogens with one attached hydrogen (secondary N) is 1. The van der Waals surface area contributed by atoms with Crippen molar-refractivity contribution in [2.45, 2.75) is 19.6 Å². The zero-order valence-corrected chi connectivity index (χ0v) is 20.7. The molecule has 0 aliphatic carbocycles. The molecule has 4 aromatic carbocycles. The van der Waals surface area contributed by atoms with E-state index in [0.717, 1.165) is 27.1 Å². The van der Waals surface area contributed by atoms with E-state index in [9.17, 15) is 0 Å². The van der Waals surface area contributed by atoms with Crippen LogP contribution in [0.2, 0.25) is 19.6 Å². The molecule has 0 bridgehead atoms. The standard InChI is InChI=1S/C27H27BrN2Si/c1-31(2,3)27-21(19-11-4-7-16-24(19)29)13-10-14-22(27)20-12-5-8-17-25(20)30-26-18-9-6-15-23(26)28/h4-18,30H,29H2,1-3H3. The second-order valence-corrected chi connectivity index (χ2v) is 14.6. The fourth-order valence-corrected chi connectivity index (χ4v) is 6.52. The van der Waals surface area contributed by atoms with Crippen molar-refractivity contribution in [2.24, 2.45) is 0 Å². The molecule has 0 radical (unpaired) electrons. The number of para-hydroxylation sites is 3. The van der Waals surface area contributed by atoms with Crippen molar-refractivity contribution in [1.82, 2.24) is 0 Å². The van der Waals surface area contributed by atoms with Gasteiger partial charge in [0.1, 0.15) is 0 Å². The van der Waals surface area contributed by atoms with E-state index < -0.39 is 8.07 Å². The van der Waals surface area contributed by atoms with Crippen molar-refractivity contribution in [2.75, 3.05) is 11.1 Å². The number of nitrogens with two attached hydrogens (primary N) is 1. The summed E-state index contributed by atoms with van der Waals surface area (Å²) in [6.45, 7) is 7.20. The second kappa shape index (κ2) is 8.73. The van der Waals surface area contributed by atoms with E-state index in [1.807, 2.05) is 24.3 Å². The van der Waals surface area contributed by atoms with Crippen LogP contribution in [0.25, 0.3) is 22.3 Å². The topological polar surface area (TPSA) is 38.0 Å². The fraction of sp³-hybridized carbons (Fsp3) is 0.111. The van der Waals surface area contributed by atoms with Gasteiger partial charge in [-0.15, -0.1) is 0 Å². The molecule has 3 N–H and O–H groups in total. The van der Waals surface area contributed by atoms with Gasteiger partial charge in [0.05, 0.1) is 13.8 Å². The van der Waals surface area contributed by atoms with Crippen LogP contribution in [0.1, 0.15) is 0 Å².